The van der Waals surface area contributed by atoms with E-state index in [9.17, 15) is 18.3 Å². The summed E-state index contributed by atoms with van der Waals surface area (Å²) in [5.74, 6) is -0.296. The van der Waals surface area contributed by atoms with E-state index in [1.54, 1.807) is 26.8 Å². The molecule has 1 atom stereocenters. The maximum Gasteiger partial charge on any atom is 0.414 e. The molecule has 1 aliphatic heterocycles. The molecule has 0 radical (unpaired) electrons. The molecular formula is C15H21NO6S. The van der Waals surface area contributed by atoms with Gasteiger partial charge in [-0.2, -0.15) is 8.42 Å². The number of phenolic OH excluding ortho intramolecular Hbond substituents is 1. The molecule has 7 nitrogen and oxygen atoms in total. The van der Waals surface area contributed by atoms with Gasteiger partial charge in [-0.1, -0.05) is 6.07 Å². The molecule has 1 amide bonds. The Kier molecular flexibility index (Phi) is 4.59. The molecule has 128 valence electrons. The Morgan fingerprint density at radius 2 is 2.04 bits per heavy atom. The molecule has 1 aromatic rings. The highest BCUT2D eigenvalue weighted by atomic mass is 32.2. The van der Waals surface area contributed by atoms with Gasteiger partial charge < -0.3 is 9.84 Å². The summed E-state index contributed by atoms with van der Waals surface area (Å²) < 4.78 is 32.6. The van der Waals surface area contributed by atoms with Crippen LogP contribution < -0.4 is 4.90 Å². The normalized spacial score (nSPS) is 17.9. The Morgan fingerprint density at radius 3 is 2.61 bits per heavy atom. The molecule has 1 N–H and O–H groups in total. The van der Waals surface area contributed by atoms with Crippen LogP contribution in [0, 0.1) is 0 Å². The van der Waals surface area contributed by atoms with Crippen LogP contribution in [0.15, 0.2) is 18.2 Å². The van der Waals surface area contributed by atoms with Crippen molar-refractivity contribution >= 4 is 21.9 Å². The Bertz CT molecular complexity index is 707. The molecule has 2 rings (SSSR count). The minimum Gasteiger partial charge on any atom is -0.508 e. The summed E-state index contributed by atoms with van der Waals surface area (Å²) in [5, 5.41) is 9.67. The fraction of sp³-hybridized carbons (Fsp3) is 0.533. The summed E-state index contributed by atoms with van der Waals surface area (Å²) in [6, 6.07) is 4.61. The van der Waals surface area contributed by atoms with Crippen molar-refractivity contribution in [3.05, 3.63) is 23.8 Å². The van der Waals surface area contributed by atoms with Gasteiger partial charge in [0, 0.05) is 18.5 Å². The predicted molar refractivity (Wildman–Crippen MR) is 85.2 cm³/mol. The molecule has 0 bridgehead atoms. The summed E-state index contributed by atoms with van der Waals surface area (Å²) in [6.07, 6.45) is 0.428. The second-order valence-corrected chi connectivity index (χ2v) is 8.16. The summed E-state index contributed by atoms with van der Waals surface area (Å²) >= 11 is 0. The van der Waals surface area contributed by atoms with Crippen LogP contribution in [0.3, 0.4) is 0 Å². The molecule has 1 aliphatic rings. The van der Waals surface area contributed by atoms with Gasteiger partial charge in [-0.05, 0) is 32.4 Å². The van der Waals surface area contributed by atoms with Crippen LogP contribution in [-0.4, -0.2) is 44.6 Å². The zero-order valence-corrected chi connectivity index (χ0v) is 14.4. The Hall–Kier alpha value is -1.80. The number of phenols is 1. The van der Waals surface area contributed by atoms with Gasteiger partial charge in [-0.25, -0.2) is 4.79 Å². The standard InChI is InChI=1S/C15H21NO6S/c1-15(2,3)22-14(18)16-8-10(9-21-23(4,19)20)12-6-5-11(17)7-13(12)16/h5-7,10,17H,8-9H2,1-4H3/t10-/m0/s1. The second-order valence-electron chi connectivity index (χ2n) is 6.52. The predicted octanol–water partition coefficient (Wildman–Crippen LogP) is 2.21. The lowest BCUT2D eigenvalue weighted by Crippen LogP contribution is -2.36. The second kappa shape index (κ2) is 6.01. The first-order chi connectivity index (χ1) is 10.5. The Labute approximate surface area is 135 Å². The number of carbonyl (C=O) groups is 1. The lowest BCUT2D eigenvalue weighted by Gasteiger charge is -2.25. The van der Waals surface area contributed by atoms with Crippen molar-refractivity contribution in [2.75, 3.05) is 24.3 Å². The highest BCUT2D eigenvalue weighted by molar-refractivity contribution is 7.85. The quantitative estimate of drug-likeness (QED) is 0.846. The van der Waals surface area contributed by atoms with E-state index in [-0.39, 0.29) is 24.8 Å². The summed E-state index contributed by atoms with van der Waals surface area (Å²) in [7, 11) is -3.57. The molecule has 0 unspecified atom stereocenters. The number of nitrogens with zero attached hydrogens (tertiary/aromatic N) is 1. The zero-order chi connectivity index (χ0) is 17.4. The number of aromatic hydroxyl groups is 1. The fourth-order valence-electron chi connectivity index (χ4n) is 2.37. The third-order valence-electron chi connectivity index (χ3n) is 3.24. The summed E-state index contributed by atoms with van der Waals surface area (Å²) in [6.45, 7) is 5.43. The van der Waals surface area contributed by atoms with E-state index in [2.05, 4.69) is 0 Å². The molecule has 0 fully saturated rings. The first kappa shape index (κ1) is 17.6. The van der Waals surface area contributed by atoms with Crippen molar-refractivity contribution in [1.82, 2.24) is 0 Å². The molecule has 0 saturated heterocycles. The van der Waals surface area contributed by atoms with E-state index in [1.165, 1.54) is 17.0 Å². The van der Waals surface area contributed by atoms with Gasteiger partial charge in [0.25, 0.3) is 10.1 Å². The first-order valence-electron chi connectivity index (χ1n) is 7.14. The van der Waals surface area contributed by atoms with E-state index < -0.39 is 21.8 Å². The van der Waals surface area contributed by atoms with Crippen LogP contribution in [0.5, 0.6) is 5.75 Å². The SMILES string of the molecule is CC(C)(C)OC(=O)N1C[C@@H](COS(C)(=O)=O)c2ccc(O)cc21. The monoisotopic (exact) mass is 343 g/mol. The van der Waals surface area contributed by atoms with Gasteiger partial charge in [0.15, 0.2) is 0 Å². The van der Waals surface area contributed by atoms with Crippen molar-refractivity contribution in [1.29, 1.82) is 0 Å². The summed E-state index contributed by atoms with van der Waals surface area (Å²) in [5.41, 5.74) is 0.578. The van der Waals surface area contributed by atoms with Gasteiger partial charge >= 0.3 is 6.09 Å². The molecule has 1 heterocycles. The van der Waals surface area contributed by atoms with E-state index in [0.29, 0.717) is 5.69 Å². The van der Waals surface area contributed by atoms with E-state index in [1.807, 2.05) is 0 Å². The number of fused-ring (bicyclic) bond motifs is 1. The van der Waals surface area contributed by atoms with Crippen LogP contribution in [0.1, 0.15) is 32.3 Å². The van der Waals surface area contributed by atoms with Crippen LogP contribution in [-0.2, 0) is 19.0 Å². The number of anilines is 1. The zero-order valence-electron chi connectivity index (χ0n) is 13.6. The molecular weight excluding hydrogens is 322 g/mol. The van der Waals surface area contributed by atoms with Crippen LogP contribution in [0.25, 0.3) is 0 Å². The Morgan fingerprint density at radius 1 is 1.39 bits per heavy atom. The molecule has 1 aromatic carbocycles. The number of rotatable bonds is 3. The van der Waals surface area contributed by atoms with Gasteiger partial charge in [-0.15, -0.1) is 0 Å². The van der Waals surface area contributed by atoms with E-state index >= 15 is 0 Å². The van der Waals surface area contributed by atoms with Gasteiger partial charge in [0.2, 0.25) is 0 Å². The third-order valence-corrected chi connectivity index (χ3v) is 3.81. The van der Waals surface area contributed by atoms with Gasteiger partial charge in [0.1, 0.15) is 11.4 Å². The molecule has 8 heteroatoms. The topological polar surface area (TPSA) is 93.1 Å². The number of hydrogen-bond donors (Lipinski definition) is 1. The van der Waals surface area contributed by atoms with E-state index in [0.717, 1.165) is 11.8 Å². The average Bonchev–Trinajstić information content (AvgIpc) is 2.71. The summed E-state index contributed by atoms with van der Waals surface area (Å²) in [4.78, 5) is 13.7. The van der Waals surface area contributed by atoms with E-state index in [4.69, 9.17) is 8.92 Å². The fourth-order valence-corrected chi connectivity index (χ4v) is 2.78. The molecule has 0 spiro atoms. The number of hydrogen-bond acceptors (Lipinski definition) is 6. The minimum absolute atomic E-state index is 0.0157. The van der Waals surface area contributed by atoms with Gasteiger partial charge in [-0.3, -0.25) is 9.08 Å². The van der Waals surface area contributed by atoms with Crippen molar-refractivity contribution in [2.45, 2.75) is 32.3 Å². The lowest BCUT2D eigenvalue weighted by molar-refractivity contribution is 0.0581. The number of amides is 1. The highest BCUT2D eigenvalue weighted by Crippen LogP contribution is 2.39. The van der Waals surface area contributed by atoms with Gasteiger partial charge in [0.05, 0.1) is 18.6 Å². The first-order valence-corrected chi connectivity index (χ1v) is 8.96. The van der Waals surface area contributed by atoms with Crippen LogP contribution >= 0.6 is 0 Å². The Balaban J connectivity index is 2.27. The maximum absolute atomic E-state index is 12.3. The number of ether oxygens (including phenoxy) is 1. The lowest BCUT2D eigenvalue weighted by atomic mass is 10.0. The largest absolute Gasteiger partial charge is 0.508 e. The van der Waals surface area contributed by atoms with Crippen molar-refractivity contribution in [3.8, 4) is 5.75 Å². The number of carbonyl (C=O) groups excluding carboxylic acids is 1. The van der Waals surface area contributed by atoms with Crippen LogP contribution in [0.4, 0.5) is 10.5 Å². The molecule has 0 aromatic heterocycles. The molecule has 0 aliphatic carbocycles. The minimum atomic E-state index is -3.57. The molecule has 23 heavy (non-hydrogen) atoms. The van der Waals surface area contributed by atoms with Crippen LogP contribution in [0.2, 0.25) is 0 Å². The maximum atomic E-state index is 12.3. The highest BCUT2D eigenvalue weighted by Gasteiger charge is 2.35. The van der Waals surface area contributed by atoms with Crippen molar-refractivity contribution < 1.29 is 27.2 Å². The smallest absolute Gasteiger partial charge is 0.414 e. The molecule has 0 saturated carbocycles. The third kappa shape index (κ3) is 4.59. The van der Waals surface area contributed by atoms with Crippen molar-refractivity contribution in [2.24, 2.45) is 0 Å². The average molecular weight is 343 g/mol. The number of benzene rings is 1. The van der Waals surface area contributed by atoms with Crippen molar-refractivity contribution in [3.63, 3.8) is 0 Å².